The van der Waals surface area contributed by atoms with Crippen molar-refractivity contribution in [2.24, 2.45) is 0 Å². The highest BCUT2D eigenvalue weighted by atomic mass is 32.1. The van der Waals surface area contributed by atoms with Crippen LogP contribution in [0.5, 0.6) is 0 Å². The van der Waals surface area contributed by atoms with Gasteiger partial charge in [-0.2, -0.15) is 0 Å². The quantitative estimate of drug-likeness (QED) is 0.152. The van der Waals surface area contributed by atoms with Gasteiger partial charge in [0.1, 0.15) is 0 Å². The number of rotatable bonds is 6. The lowest BCUT2D eigenvalue weighted by molar-refractivity contribution is 0.768. The van der Waals surface area contributed by atoms with Gasteiger partial charge in [-0.3, -0.25) is 0 Å². The Morgan fingerprint density at radius 3 is 1.61 bits per heavy atom. The summed E-state index contributed by atoms with van der Waals surface area (Å²) < 4.78 is 2.65. The van der Waals surface area contributed by atoms with Crippen LogP contribution in [-0.4, -0.2) is 0 Å². The lowest BCUT2D eigenvalue weighted by Gasteiger charge is -2.34. The van der Waals surface area contributed by atoms with Gasteiger partial charge in [0.2, 0.25) is 0 Å². The lowest BCUT2D eigenvalue weighted by atomic mass is 9.68. The van der Waals surface area contributed by atoms with Gasteiger partial charge in [-0.25, -0.2) is 0 Å². The molecule has 1 heterocycles. The molecule has 0 fully saturated rings. The van der Waals surface area contributed by atoms with E-state index in [1.165, 1.54) is 86.2 Å². The number of fused-ring (bicyclic) bond motifs is 9. The summed E-state index contributed by atoms with van der Waals surface area (Å²) >= 11 is 1.88. The summed E-state index contributed by atoms with van der Waals surface area (Å²) in [6.07, 6.45) is 0. The Labute approximate surface area is 347 Å². The van der Waals surface area contributed by atoms with Gasteiger partial charge in [0, 0.05) is 36.9 Å². The molecule has 12 rings (SSSR count). The average Bonchev–Trinajstić information content (AvgIpc) is 3.84. The Balaban J connectivity index is 1.06. The summed E-state index contributed by atoms with van der Waals surface area (Å²) in [6.45, 7) is 0. The van der Waals surface area contributed by atoms with E-state index in [-0.39, 0.29) is 0 Å². The predicted octanol–water partition coefficient (Wildman–Crippen LogP) is 15.9. The van der Waals surface area contributed by atoms with Gasteiger partial charge in [0.25, 0.3) is 0 Å². The molecule has 59 heavy (non-hydrogen) atoms. The highest BCUT2D eigenvalue weighted by molar-refractivity contribution is 7.26. The fourth-order valence-corrected chi connectivity index (χ4v) is 11.2. The van der Waals surface area contributed by atoms with Gasteiger partial charge < -0.3 is 4.90 Å². The zero-order valence-corrected chi connectivity index (χ0v) is 33.0. The molecule has 0 saturated carbocycles. The van der Waals surface area contributed by atoms with Crippen molar-refractivity contribution in [3.8, 4) is 22.3 Å². The normalized spacial score (nSPS) is 12.9. The van der Waals surface area contributed by atoms with Crippen LogP contribution in [0.25, 0.3) is 64.0 Å². The van der Waals surface area contributed by atoms with Gasteiger partial charge >= 0.3 is 0 Å². The third-order valence-electron chi connectivity index (χ3n) is 12.5. The molecular weight excluding hydrogens is 731 g/mol. The number of nitrogens with zero attached hydrogens (tertiary/aromatic N) is 1. The first kappa shape index (κ1) is 33.8. The molecule has 0 bridgehead atoms. The minimum absolute atomic E-state index is 0.456. The van der Waals surface area contributed by atoms with E-state index in [1.807, 2.05) is 11.3 Å². The van der Waals surface area contributed by atoms with Crippen molar-refractivity contribution in [3.63, 3.8) is 0 Å². The van der Waals surface area contributed by atoms with Crippen LogP contribution >= 0.6 is 11.3 Å². The predicted molar refractivity (Wildman–Crippen MR) is 252 cm³/mol. The van der Waals surface area contributed by atoms with E-state index in [0.717, 1.165) is 17.1 Å². The Hall–Kier alpha value is -7.26. The Kier molecular flexibility index (Phi) is 7.69. The molecule has 0 atom stereocenters. The first-order chi connectivity index (χ1) is 29.3. The molecule has 1 nitrogen and oxygen atoms in total. The molecule has 0 N–H and O–H groups in total. The highest BCUT2D eigenvalue weighted by Gasteiger charge is 2.45. The molecule has 10 aromatic carbocycles. The van der Waals surface area contributed by atoms with Gasteiger partial charge in [-0.05, 0) is 97.1 Å². The van der Waals surface area contributed by atoms with Crippen molar-refractivity contribution in [2.75, 3.05) is 4.90 Å². The fourth-order valence-electron chi connectivity index (χ4n) is 9.98. The zero-order valence-electron chi connectivity index (χ0n) is 32.2. The maximum atomic E-state index is 2.45. The van der Waals surface area contributed by atoms with Crippen LogP contribution in [0.2, 0.25) is 0 Å². The zero-order chi connectivity index (χ0) is 38.9. The molecular formula is C57H37NS. The van der Waals surface area contributed by atoms with Crippen molar-refractivity contribution < 1.29 is 0 Å². The average molecular weight is 768 g/mol. The van der Waals surface area contributed by atoms with E-state index < -0.39 is 5.41 Å². The molecule has 11 aromatic rings. The second kappa shape index (κ2) is 13.4. The van der Waals surface area contributed by atoms with E-state index >= 15 is 0 Å². The van der Waals surface area contributed by atoms with E-state index in [0.29, 0.717) is 0 Å². The molecule has 0 aliphatic heterocycles. The maximum absolute atomic E-state index is 2.45. The van der Waals surface area contributed by atoms with Gasteiger partial charge in [-0.1, -0.05) is 188 Å². The van der Waals surface area contributed by atoms with Gasteiger partial charge in [-0.15, -0.1) is 11.3 Å². The molecule has 0 radical (unpaired) electrons. The van der Waals surface area contributed by atoms with Crippen molar-refractivity contribution >= 4 is 70.1 Å². The summed E-state index contributed by atoms with van der Waals surface area (Å²) in [5.41, 5.74) is 13.2. The van der Waals surface area contributed by atoms with Crippen LogP contribution in [0, 0.1) is 0 Å². The van der Waals surface area contributed by atoms with Crippen molar-refractivity contribution in [1.82, 2.24) is 0 Å². The topological polar surface area (TPSA) is 3.24 Å². The molecule has 0 spiro atoms. The third-order valence-corrected chi connectivity index (χ3v) is 13.8. The summed E-state index contributed by atoms with van der Waals surface area (Å²) in [5.74, 6) is 0. The molecule has 276 valence electrons. The van der Waals surface area contributed by atoms with Gasteiger partial charge in [0.05, 0.1) is 11.1 Å². The van der Waals surface area contributed by atoms with Crippen LogP contribution in [0.1, 0.15) is 22.3 Å². The Morgan fingerprint density at radius 2 is 0.881 bits per heavy atom. The van der Waals surface area contributed by atoms with E-state index in [9.17, 15) is 0 Å². The first-order valence-corrected chi connectivity index (χ1v) is 21.2. The molecule has 1 aliphatic carbocycles. The van der Waals surface area contributed by atoms with Crippen LogP contribution in [0.3, 0.4) is 0 Å². The highest BCUT2D eigenvalue weighted by Crippen LogP contribution is 2.56. The summed E-state index contributed by atoms with van der Waals surface area (Å²) in [7, 11) is 0. The van der Waals surface area contributed by atoms with Crippen molar-refractivity contribution in [2.45, 2.75) is 5.41 Å². The minimum Gasteiger partial charge on any atom is -0.310 e. The Bertz CT molecular complexity index is 3330. The fraction of sp³-hybridized carbons (Fsp3) is 0.0175. The molecule has 2 heteroatoms. The van der Waals surface area contributed by atoms with Crippen LogP contribution in [-0.2, 0) is 5.41 Å². The van der Waals surface area contributed by atoms with Crippen LogP contribution in [0.4, 0.5) is 17.1 Å². The Morgan fingerprint density at radius 1 is 0.356 bits per heavy atom. The number of thiophene rings is 1. The maximum Gasteiger partial charge on any atom is 0.0713 e. The molecule has 0 amide bonds. The largest absolute Gasteiger partial charge is 0.310 e. The molecule has 0 unspecified atom stereocenters. The second-order valence-corrected chi connectivity index (χ2v) is 16.6. The minimum atomic E-state index is -0.456. The van der Waals surface area contributed by atoms with Gasteiger partial charge in [0.15, 0.2) is 0 Å². The van der Waals surface area contributed by atoms with Crippen molar-refractivity contribution in [1.29, 1.82) is 0 Å². The van der Waals surface area contributed by atoms with E-state index in [4.69, 9.17) is 0 Å². The monoisotopic (exact) mass is 767 g/mol. The van der Waals surface area contributed by atoms with Crippen molar-refractivity contribution in [3.05, 3.63) is 247 Å². The van der Waals surface area contributed by atoms with Crippen LogP contribution < -0.4 is 4.90 Å². The number of benzene rings is 10. The molecule has 0 saturated heterocycles. The molecule has 1 aliphatic rings. The summed E-state index contributed by atoms with van der Waals surface area (Å²) in [6, 6.07) is 83.0. The summed E-state index contributed by atoms with van der Waals surface area (Å²) in [5, 5.41) is 7.58. The third kappa shape index (κ3) is 5.10. The smallest absolute Gasteiger partial charge is 0.0713 e. The van der Waals surface area contributed by atoms with E-state index in [2.05, 4.69) is 229 Å². The van der Waals surface area contributed by atoms with E-state index in [1.54, 1.807) is 0 Å². The number of hydrogen-bond acceptors (Lipinski definition) is 2. The van der Waals surface area contributed by atoms with Crippen LogP contribution in [0.15, 0.2) is 224 Å². The SMILES string of the molecule is c1ccc(C2(c3ccc(N(c4ccc(-c5cccc6c5sc5ccccc56)cc4)c4cc5ccccc5c5ccccc45)cc3)c3ccccc3-c3ccccc32)cc1. The number of anilines is 3. The second-order valence-electron chi connectivity index (χ2n) is 15.6. The number of hydrogen-bond donors (Lipinski definition) is 0. The first-order valence-electron chi connectivity index (χ1n) is 20.3. The summed E-state index contributed by atoms with van der Waals surface area (Å²) in [4.78, 5) is 2.45. The molecule has 1 aromatic heterocycles. The standard InChI is InChI=1S/C57H37NS/c1-2-16-40(17-3-1)57(52-26-11-8-20-47(52)48-21-9-12-27-53(48)57)41-31-35-43(36-32-41)58(54-37-39-15-4-5-18-44(39)46-19-6-7-22-49(46)54)42-33-29-38(30-34-42)45-24-14-25-51-50-23-10-13-28-55(50)59-56(45)51/h1-37H. The lowest BCUT2D eigenvalue weighted by Crippen LogP contribution is -2.28.